The average Bonchev–Trinajstić information content (AvgIpc) is 1.86. The molecule has 0 saturated heterocycles. The molecule has 1 aliphatic heterocycles. The van der Waals surface area contributed by atoms with Crippen LogP contribution in [0.25, 0.3) is 0 Å². The first-order valence-corrected chi connectivity index (χ1v) is 2.14. The highest BCUT2D eigenvalue weighted by Gasteiger charge is 1.92. The fraction of sp³-hybridized carbons (Fsp3) is 0.400. The second kappa shape index (κ2) is 1.33. The summed E-state index contributed by atoms with van der Waals surface area (Å²) in [6, 6.07) is 0. The summed E-state index contributed by atoms with van der Waals surface area (Å²) in [5.41, 5.74) is 1.27. The second-order valence-electron chi connectivity index (χ2n) is 1.47. The van der Waals surface area contributed by atoms with Crippen molar-refractivity contribution in [1.82, 2.24) is 5.32 Å². The van der Waals surface area contributed by atoms with Crippen molar-refractivity contribution in [1.29, 1.82) is 0 Å². The van der Waals surface area contributed by atoms with Gasteiger partial charge in [0.1, 0.15) is 0 Å². The molecule has 1 rings (SSSR count). The molecule has 0 aromatic rings. The van der Waals surface area contributed by atoms with E-state index in [9.17, 15) is 0 Å². The zero-order valence-electron chi connectivity index (χ0n) is 3.86. The van der Waals surface area contributed by atoms with Gasteiger partial charge in [-0.25, -0.2) is 0 Å². The monoisotopic (exact) mass is 82.1 g/mol. The molecule has 0 atom stereocenters. The lowest BCUT2D eigenvalue weighted by molar-refractivity contribution is 0.999. The summed E-state index contributed by atoms with van der Waals surface area (Å²) >= 11 is 0. The van der Waals surface area contributed by atoms with Gasteiger partial charge in [0.2, 0.25) is 0 Å². The van der Waals surface area contributed by atoms with E-state index in [0.717, 1.165) is 6.42 Å². The lowest BCUT2D eigenvalue weighted by Gasteiger charge is -1.88. The van der Waals surface area contributed by atoms with Crippen LogP contribution in [-0.2, 0) is 0 Å². The van der Waals surface area contributed by atoms with Gasteiger partial charge in [-0.1, -0.05) is 6.08 Å². The Balaban J connectivity index is 2.45. The van der Waals surface area contributed by atoms with Gasteiger partial charge < -0.3 is 5.32 Å². The minimum atomic E-state index is 1.09. The summed E-state index contributed by atoms with van der Waals surface area (Å²) in [6.07, 6.45) is 3.24. The van der Waals surface area contributed by atoms with E-state index < -0.39 is 0 Å². The number of hydrogen-bond donors (Lipinski definition) is 1. The van der Waals surface area contributed by atoms with Crippen molar-refractivity contribution >= 4 is 0 Å². The largest absolute Gasteiger partial charge is 0.384 e. The zero-order chi connectivity index (χ0) is 4.41. The molecule has 0 unspecified atom stereocenters. The smallest absolute Gasteiger partial charge is 0.0497 e. The van der Waals surface area contributed by atoms with Crippen molar-refractivity contribution in [3.8, 4) is 0 Å². The normalized spacial score (nSPS) is 19.8. The Bertz CT molecular complexity index is 74.0. The molecule has 1 aliphatic rings. The van der Waals surface area contributed by atoms with Crippen molar-refractivity contribution in [2.24, 2.45) is 0 Å². The van der Waals surface area contributed by atoms with Gasteiger partial charge in [-0.3, -0.25) is 0 Å². The molecule has 6 heavy (non-hydrogen) atoms. The molecule has 0 saturated carbocycles. The molecule has 1 heteroatoms. The minimum absolute atomic E-state index is 1.09. The third-order valence-corrected chi connectivity index (χ3v) is 0.872. The first kappa shape index (κ1) is 3.72. The van der Waals surface area contributed by atoms with Crippen molar-refractivity contribution in [3.05, 3.63) is 18.3 Å². The van der Waals surface area contributed by atoms with Crippen molar-refractivity contribution in [2.75, 3.05) is 0 Å². The molecule has 33 valence electrons. The van der Waals surface area contributed by atoms with Gasteiger partial charge in [0.05, 0.1) is 0 Å². The highest BCUT2D eigenvalue weighted by molar-refractivity contribution is 5.06. The Labute approximate surface area is 38.1 Å². The first-order valence-electron chi connectivity index (χ1n) is 2.14. The number of rotatable bonds is 0. The van der Waals surface area contributed by atoms with Gasteiger partial charge in [0, 0.05) is 12.2 Å². The van der Waals surface area contributed by atoms with Gasteiger partial charge in [0.15, 0.2) is 0 Å². The Morgan fingerprint density at radius 3 is 2.83 bits per heavy atom. The number of allylic oxidation sites excluding steroid dienone is 1. The summed E-state index contributed by atoms with van der Waals surface area (Å²) in [5.74, 6) is 0. The first-order chi connectivity index (χ1) is 2.89. The Kier molecular flexibility index (Phi) is 0.825. The predicted octanol–water partition coefficient (Wildman–Crippen LogP) is 1.05. The molecular weight excluding hydrogens is 74.1 g/mol. The van der Waals surface area contributed by atoms with Gasteiger partial charge in [-0.15, -0.1) is 0 Å². The third-order valence-electron chi connectivity index (χ3n) is 0.872. The molecule has 0 aromatic heterocycles. The maximum absolute atomic E-state index is 3.06. The van der Waals surface area contributed by atoms with E-state index in [1.54, 1.807) is 0 Å². The fourth-order valence-corrected chi connectivity index (χ4v) is 0.515. The molecule has 0 aliphatic carbocycles. The van der Waals surface area contributed by atoms with E-state index in [4.69, 9.17) is 0 Å². The molecule has 0 bridgehead atoms. The van der Waals surface area contributed by atoms with E-state index in [-0.39, 0.29) is 0 Å². The van der Waals surface area contributed by atoms with Crippen molar-refractivity contribution in [2.45, 2.75) is 13.3 Å². The van der Waals surface area contributed by atoms with Crippen molar-refractivity contribution in [3.63, 3.8) is 0 Å². The molecular formula is C5H8N. The van der Waals surface area contributed by atoms with Gasteiger partial charge in [-0.05, 0) is 13.3 Å². The van der Waals surface area contributed by atoms with Crippen LogP contribution >= 0.6 is 0 Å². The summed E-state index contributed by atoms with van der Waals surface area (Å²) < 4.78 is 0. The van der Waals surface area contributed by atoms with Crippen LogP contribution in [0.5, 0.6) is 0 Å². The van der Waals surface area contributed by atoms with Crippen LogP contribution < -0.4 is 5.32 Å². The van der Waals surface area contributed by atoms with E-state index >= 15 is 0 Å². The molecule has 0 aromatic carbocycles. The SMILES string of the molecule is CC1=CC[CH]N1. The lowest BCUT2D eigenvalue weighted by Crippen LogP contribution is -1.97. The molecule has 1 heterocycles. The predicted molar refractivity (Wildman–Crippen MR) is 25.8 cm³/mol. The third kappa shape index (κ3) is 0.534. The van der Waals surface area contributed by atoms with Gasteiger partial charge in [-0.2, -0.15) is 0 Å². The van der Waals surface area contributed by atoms with Crippen LogP contribution in [0.3, 0.4) is 0 Å². The maximum atomic E-state index is 3.06. The highest BCUT2D eigenvalue weighted by Crippen LogP contribution is 2.00. The number of nitrogens with one attached hydrogen (secondary N) is 1. The Hall–Kier alpha value is -0.460. The molecule has 1 nitrogen and oxygen atoms in total. The average molecular weight is 82.1 g/mol. The maximum Gasteiger partial charge on any atom is 0.0497 e. The lowest BCUT2D eigenvalue weighted by atomic mass is 10.4. The molecule has 1 N–H and O–H groups in total. The van der Waals surface area contributed by atoms with Gasteiger partial charge >= 0.3 is 0 Å². The van der Waals surface area contributed by atoms with Crippen LogP contribution in [0.15, 0.2) is 11.8 Å². The highest BCUT2D eigenvalue weighted by atomic mass is 14.9. The van der Waals surface area contributed by atoms with E-state index in [1.807, 2.05) is 6.54 Å². The van der Waals surface area contributed by atoms with E-state index in [2.05, 4.69) is 18.3 Å². The van der Waals surface area contributed by atoms with Crippen LogP contribution in [-0.4, -0.2) is 0 Å². The van der Waals surface area contributed by atoms with Crippen LogP contribution in [0.1, 0.15) is 13.3 Å². The zero-order valence-corrected chi connectivity index (χ0v) is 3.86. The summed E-state index contributed by atoms with van der Waals surface area (Å²) in [4.78, 5) is 0. The molecule has 0 spiro atoms. The number of hydrogen-bond acceptors (Lipinski definition) is 1. The minimum Gasteiger partial charge on any atom is -0.384 e. The van der Waals surface area contributed by atoms with Crippen LogP contribution in [0, 0.1) is 6.54 Å². The quantitative estimate of drug-likeness (QED) is 0.460. The summed E-state index contributed by atoms with van der Waals surface area (Å²) in [7, 11) is 0. The standard InChI is InChI=1S/C5H8N/c1-5-3-2-4-6-5/h3-4,6H,2H2,1H3. The Morgan fingerprint density at radius 2 is 2.67 bits per heavy atom. The Morgan fingerprint density at radius 1 is 1.83 bits per heavy atom. The molecule has 0 amide bonds. The van der Waals surface area contributed by atoms with Gasteiger partial charge in [0.25, 0.3) is 0 Å². The topological polar surface area (TPSA) is 12.0 Å². The van der Waals surface area contributed by atoms with E-state index in [0.29, 0.717) is 0 Å². The molecule has 0 fully saturated rings. The van der Waals surface area contributed by atoms with Crippen LogP contribution in [0.4, 0.5) is 0 Å². The van der Waals surface area contributed by atoms with E-state index in [1.165, 1.54) is 5.70 Å². The second-order valence-corrected chi connectivity index (χ2v) is 1.47. The molecule has 1 radical (unpaired) electrons. The van der Waals surface area contributed by atoms with Crippen LogP contribution in [0.2, 0.25) is 0 Å². The fourth-order valence-electron chi connectivity index (χ4n) is 0.515. The summed E-state index contributed by atoms with van der Waals surface area (Å²) in [6.45, 7) is 4.10. The van der Waals surface area contributed by atoms with Crippen molar-refractivity contribution < 1.29 is 0 Å². The summed E-state index contributed by atoms with van der Waals surface area (Å²) in [5, 5.41) is 3.06.